The summed E-state index contributed by atoms with van der Waals surface area (Å²) in [4.78, 5) is 4.52. The molecule has 0 aromatic heterocycles. The van der Waals surface area contributed by atoms with E-state index in [1.54, 1.807) is 11.8 Å². The molecule has 2 aliphatic rings. The van der Waals surface area contributed by atoms with E-state index in [0.29, 0.717) is 18.1 Å². The average molecular weight is 276 g/mol. The number of hydrogen-bond acceptors (Lipinski definition) is 4. The van der Waals surface area contributed by atoms with E-state index in [0.717, 1.165) is 23.8 Å². The number of nitrogens with one attached hydrogen (secondary N) is 1. The minimum atomic E-state index is -2.77. The molecule has 0 radical (unpaired) electrons. The van der Waals surface area contributed by atoms with Crippen molar-refractivity contribution in [3.63, 3.8) is 0 Å². The van der Waals surface area contributed by atoms with Crippen LogP contribution in [0.5, 0.6) is 0 Å². The summed E-state index contributed by atoms with van der Waals surface area (Å²) in [5.74, 6) is 1.93. The van der Waals surface area contributed by atoms with Crippen molar-refractivity contribution < 1.29 is 8.42 Å². The molecule has 2 saturated heterocycles. The van der Waals surface area contributed by atoms with Gasteiger partial charge in [-0.3, -0.25) is 4.99 Å². The van der Waals surface area contributed by atoms with Gasteiger partial charge in [0.2, 0.25) is 0 Å². The Bertz CT molecular complexity index is 419. The van der Waals surface area contributed by atoms with Gasteiger partial charge in [0.1, 0.15) is 0 Å². The number of rotatable bonds is 3. The lowest BCUT2D eigenvalue weighted by Crippen LogP contribution is -2.39. The van der Waals surface area contributed by atoms with E-state index in [4.69, 9.17) is 0 Å². The van der Waals surface area contributed by atoms with Crippen LogP contribution in [-0.2, 0) is 9.84 Å². The first-order valence-corrected chi connectivity index (χ1v) is 8.89. The lowest BCUT2D eigenvalue weighted by Gasteiger charge is -2.20. The van der Waals surface area contributed by atoms with Gasteiger partial charge in [0.15, 0.2) is 15.0 Å². The summed E-state index contributed by atoms with van der Waals surface area (Å²) in [6.45, 7) is 5.01. The van der Waals surface area contributed by atoms with Gasteiger partial charge in [0.25, 0.3) is 0 Å². The Morgan fingerprint density at radius 2 is 2.35 bits per heavy atom. The summed E-state index contributed by atoms with van der Waals surface area (Å²) in [6, 6.07) is 0. The zero-order valence-corrected chi connectivity index (χ0v) is 12.0. The monoisotopic (exact) mass is 276 g/mol. The van der Waals surface area contributed by atoms with E-state index < -0.39 is 9.84 Å². The number of aliphatic imine (C=N–C) groups is 1. The Morgan fingerprint density at radius 3 is 2.88 bits per heavy atom. The van der Waals surface area contributed by atoms with Gasteiger partial charge in [-0.1, -0.05) is 18.7 Å². The molecular formula is C11H20N2O2S2. The molecule has 0 bridgehead atoms. The highest BCUT2D eigenvalue weighted by molar-refractivity contribution is 8.14. The highest BCUT2D eigenvalue weighted by Gasteiger charge is 2.31. The maximum Gasteiger partial charge on any atom is 0.157 e. The fourth-order valence-electron chi connectivity index (χ4n) is 2.06. The molecule has 0 spiro atoms. The number of sulfone groups is 1. The predicted octanol–water partition coefficient (Wildman–Crippen LogP) is 1.28. The molecule has 1 N–H and O–H groups in total. The molecule has 2 aliphatic heterocycles. The number of thioether (sulfide) groups is 1. The molecule has 17 heavy (non-hydrogen) atoms. The van der Waals surface area contributed by atoms with Crippen molar-refractivity contribution in [3.05, 3.63) is 0 Å². The molecule has 2 unspecified atom stereocenters. The van der Waals surface area contributed by atoms with Gasteiger partial charge in [-0.25, -0.2) is 8.42 Å². The molecule has 0 amide bonds. The van der Waals surface area contributed by atoms with Gasteiger partial charge < -0.3 is 5.32 Å². The zero-order valence-electron chi connectivity index (χ0n) is 10.4. The van der Waals surface area contributed by atoms with Crippen molar-refractivity contribution in [1.29, 1.82) is 0 Å². The summed E-state index contributed by atoms with van der Waals surface area (Å²) in [7, 11) is -2.77. The maximum absolute atomic E-state index is 11.3. The zero-order chi connectivity index (χ0) is 12.5. The largest absolute Gasteiger partial charge is 0.359 e. The van der Waals surface area contributed by atoms with Crippen molar-refractivity contribution in [3.8, 4) is 0 Å². The predicted molar refractivity (Wildman–Crippen MR) is 73.4 cm³/mol. The normalized spacial score (nSPS) is 38.5. The van der Waals surface area contributed by atoms with E-state index in [-0.39, 0.29) is 11.5 Å². The molecule has 0 aliphatic carbocycles. The van der Waals surface area contributed by atoms with Crippen LogP contribution < -0.4 is 5.32 Å². The lowest BCUT2D eigenvalue weighted by atomic mass is 10.0. The van der Waals surface area contributed by atoms with Crippen molar-refractivity contribution in [1.82, 2.24) is 5.32 Å². The third-order valence-corrected chi connectivity index (χ3v) is 6.66. The molecule has 4 nitrogen and oxygen atoms in total. The van der Waals surface area contributed by atoms with Crippen molar-refractivity contribution in [2.45, 2.75) is 32.2 Å². The van der Waals surface area contributed by atoms with Crippen LogP contribution >= 0.6 is 11.8 Å². The van der Waals surface area contributed by atoms with Crippen LogP contribution in [0.3, 0.4) is 0 Å². The first kappa shape index (κ1) is 13.2. The summed E-state index contributed by atoms with van der Waals surface area (Å²) in [5, 5.41) is 4.41. The third kappa shape index (κ3) is 3.37. The molecule has 0 aromatic carbocycles. The van der Waals surface area contributed by atoms with Gasteiger partial charge >= 0.3 is 0 Å². The third-order valence-electron chi connectivity index (χ3n) is 3.54. The quantitative estimate of drug-likeness (QED) is 0.843. The van der Waals surface area contributed by atoms with E-state index in [9.17, 15) is 8.42 Å². The fourth-order valence-corrected chi connectivity index (χ4v) is 5.13. The van der Waals surface area contributed by atoms with E-state index in [2.05, 4.69) is 24.2 Å². The molecule has 2 fully saturated rings. The smallest absolute Gasteiger partial charge is 0.157 e. The Hall–Kier alpha value is -0.230. The lowest BCUT2D eigenvalue weighted by molar-refractivity contribution is 0.465. The number of amidine groups is 1. The highest BCUT2D eigenvalue weighted by Crippen LogP contribution is 2.26. The Balaban J connectivity index is 1.87. The molecule has 2 heterocycles. The fraction of sp³-hybridized carbons (Fsp3) is 0.909. The standard InChI is InChI=1S/C11H20N2O2S2/c1-3-11(2)8-16-10(13-11)12-6-9-4-5-17(14,15)7-9/h9H,3-8H2,1-2H3,(H,12,13). The summed E-state index contributed by atoms with van der Waals surface area (Å²) < 4.78 is 22.6. The molecule has 0 aromatic rings. The summed E-state index contributed by atoms with van der Waals surface area (Å²) >= 11 is 1.75. The second kappa shape index (κ2) is 4.80. The van der Waals surface area contributed by atoms with E-state index in [1.807, 2.05) is 0 Å². The SMILES string of the molecule is CCC1(C)CSC(=NCC2CCS(=O)(=O)C2)N1. The Kier molecular flexibility index (Phi) is 3.73. The summed E-state index contributed by atoms with van der Waals surface area (Å²) in [6.07, 6.45) is 1.85. The van der Waals surface area contributed by atoms with Crippen LogP contribution in [0.15, 0.2) is 4.99 Å². The van der Waals surface area contributed by atoms with Gasteiger partial charge in [-0.2, -0.15) is 0 Å². The molecule has 0 saturated carbocycles. The van der Waals surface area contributed by atoms with Gasteiger partial charge in [0, 0.05) is 17.8 Å². The minimum absolute atomic E-state index is 0.158. The van der Waals surface area contributed by atoms with E-state index >= 15 is 0 Å². The Labute approximate surface area is 108 Å². The van der Waals surface area contributed by atoms with Crippen LogP contribution in [0.1, 0.15) is 26.7 Å². The molecule has 6 heteroatoms. The van der Waals surface area contributed by atoms with Crippen LogP contribution in [0.25, 0.3) is 0 Å². The van der Waals surface area contributed by atoms with Gasteiger partial charge in [-0.05, 0) is 25.7 Å². The second-order valence-corrected chi connectivity index (χ2v) is 8.44. The van der Waals surface area contributed by atoms with E-state index in [1.165, 1.54) is 0 Å². The average Bonchev–Trinajstić information content (AvgIpc) is 2.80. The first-order chi connectivity index (χ1) is 7.92. The van der Waals surface area contributed by atoms with Crippen LogP contribution in [0, 0.1) is 5.92 Å². The van der Waals surface area contributed by atoms with Gasteiger partial charge in [-0.15, -0.1) is 0 Å². The first-order valence-electron chi connectivity index (χ1n) is 6.08. The summed E-state index contributed by atoms with van der Waals surface area (Å²) in [5.41, 5.74) is 0.158. The van der Waals surface area contributed by atoms with Gasteiger partial charge in [0.05, 0.1) is 11.5 Å². The second-order valence-electron chi connectivity index (χ2n) is 5.24. The van der Waals surface area contributed by atoms with Crippen molar-refractivity contribution in [2.24, 2.45) is 10.9 Å². The van der Waals surface area contributed by atoms with Crippen molar-refractivity contribution >= 4 is 26.8 Å². The molecule has 98 valence electrons. The number of hydrogen-bond donors (Lipinski definition) is 1. The maximum atomic E-state index is 11.3. The van der Waals surface area contributed by atoms with Crippen LogP contribution in [0.2, 0.25) is 0 Å². The van der Waals surface area contributed by atoms with Crippen LogP contribution in [-0.4, -0.2) is 42.9 Å². The molecule has 2 atom stereocenters. The topological polar surface area (TPSA) is 58.5 Å². The number of nitrogens with zero attached hydrogens (tertiary/aromatic N) is 1. The van der Waals surface area contributed by atoms with Crippen LogP contribution in [0.4, 0.5) is 0 Å². The minimum Gasteiger partial charge on any atom is -0.359 e. The Morgan fingerprint density at radius 1 is 1.59 bits per heavy atom. The molecular weight excluding hydrogens is 256 g/mol. The molecule has 2 rings (SSSR count). The highest BCUT2D eigenvalue weighted by atomic mass is 32.2. The van der Waals surface area contributed by atoms with Crippen molar-refractivity contribution in [2.75, 3.05) is 23.8 Å².